The lowest BCUT2D eigenvalue weighted by Gasteiger charge is -2.56. The molecule has 2 unspecified atom stereocenters. The highest BCUT2D eigenvalue weighted by Crippen LogP contribution is 2.64. The number of likely N-dealkylation sites (N-methyl/N-ethyl adjacent to an activating group) is 2. The lowest BCUT2D eigenvalue weighted by Crippen LogP contribution is -2.63. The van der Waals surface area contributed by atoms with Crippen LogP contribution in [0.1, 0.15) is 63.8 Å². The highest BCUT2D eigenvalue weighted by Gasteiger charge is 2.65. The van der Waals surface area contributed by atoms with Crippen LogP contribution in [-0.4, -0.2) is 75.5 Å². The van der Waals surface area contributed by atoms with Gasteiger partial charge in [-0.05, 0) is 76.1 Å². The van der Waals surface area contributed by atoms with E-state index in [1.165, 1.54) is 35.1 Å². The zero-order chi connectivity index (χ0) is 30.1. The molecule has 47 heavy (non-hydrogen) atoms. The van der Waals surface area contributed by atoms with E-state index in [4.69, 9.17) is 18.9 Å². The lowest BCUT2D eigenvalue weighted by molar-refractivity contribution is -0.0144. The molecule has 2 aromatic carbocycles. The van der Waals surface area contributed by atoms with Crippen molar-refractivity contribution in [2.24, 2.45) is 23.7 Å². The molecule has 256 valence electrons. The van der Waals surface area contributed by atoms with Gasteiger partial charge in [-0.2, -0.15) is 0 Å². The van der Waals surface area contributed by atoms with E-state index in [9.17, 15) is 0 Å². The number of benzene rings is 2. The first-order valence-electron chi connectivity index (χ1n) is 16.8. The number of likely N-dealkylation sites (tertiary alicyclic amines) is 2. The molecule has 0 amide bonds. The number of hydrogen-bond acceptors (Lipinski definition) is 6. The fourth-order valence-electron chi connectivity index (χ4n) is 11.3. The minimum absolute atomic E-state index is 0. The zero-order valence-electron chi connectivity index (χ0n) is 27.4. The van der Waals surface area contributed by atoms with Crippen molar-refractivity contribution in [3.8, 4) is 23.0 Å². The standard InChI is InChI=1S/2C19H23NO2.2CH4.ClH/c2*1-11-4-6-13-14-10-12-5-7-15(21-3)17-16(12)19(13,18(11)22-17)8-9-20(14)2;;;/h2*4-7,11,13-14,18H,8-10H2,1-3H3;2*1H4;1H/t2*11-,13?,14+,18-,19-;;;/m00.../s1. The Kier molecular flexibility index (Phi) is 8.54. The van der Waals surface area contributed by atoms with E-state index in [0.29, 0.717) is 35.8 Å². The second-order valence-corrected chi connectivity index (χ2v) is 15.0. The van der Waals surface area contributed by atoms with Crippen molar-refractivity contribution in [1.29, 1.82) is 0 Å². The number of ether oxygens (including phenoxy) is 4. The van der Waals surface area contributed by atoms with Gasteiger partial charge in [-0.3, -0.25) is 0 Å². The van der Waals surface area contributed by atoms with Crippen molar-refractivity contribution < 1.29 is 18.9 Å². The second kappa shape index (κ2) is 11.7. The quantitative estimate of drug-likeness (QED) is 0.316. The first kappa shape index (κ1) is 34.2. The number of halogens is 1. The summed E-state index contributed by atoms with van der Waals surface area (Å²) in [4.78, 5) is 5.11. The van der Waals surface area contributed by atoms with Gasteiger partial charge < -0.3 is 28.7 Å². The molecule has 0 aromatic heterocycles. The average molecular weight is 663 g/mol. The summed E-state index contributed by atoms with van der Waals surface area (Å²) in [6.07, 6.45) is 14.9. The molecule has 0 radical (unpaired) electrons. The van der Waals surface area contributed by atoms with Crippen LogP contribution >= 0.6 is 12.4 Å². The van der Waals surface area contributed by atoms with Crippen molar-refractivity contribution in [3.05, 3.63) is 70.8 Å². The Morgan fingerprint density at radius 2 is 1.06 bits per heavy atom. The molecule has 10 rings (SSSR count). The van der Waals surface area contributed by atoms with E-state index in [0.717, 1.165) is 48.9 Å². The second-order valence-electron chi connectivity index (χ2n) is 15.0. The van der Waals surface area contributed by atoms with Gasteiger partial charge in [0.1, 0.15) is 12.2 Å². The Morgan fingerprint density at radius 1 is 0.660 bits per heavy atom. The third-order valence-corrected chi connectivity index (χ3v) is 13.3. The van der Waals surface area contributed by atoms with Crippen LogP contribution in [0.3, 0.4) is 0 Å². The highest BCUT2D eigenvalue weighted by molar-refractivity contribution is 5.85. The van der Waals surface area contributed by atoms with Gasteiger partial charge in [0, 0.05) is 57.7 Å². The van der Waals surface area contributed by atoms with Gasteiger partial charge in [0.05, 0.1) is 14.2 Å². The van der Waals surface area contributed by atoms with Crippen LogP contribution in [0.2, 0.25) is 0 Å². The summed E-state index contributed by atoms with van der Waals surface area (Å²) in [7, 11) is 8.06. The summed E-state index contributed by atoms with van der Waals surface area (Å²) < 4.78 is 24.3. The van der Waals surface area contributed by atoms with Crippen LogP contribution in [0.15, 0.2) is 48.6 Å². The Morgan fingerprint density at radius 3 is 1.45 bits per heavy atom. The van der Waals surface area contributed by atoms with Crippen LogP contribution in [0.25, 0.3) is 0 Å². The van der Waals surface area contributed by atoms with Crippen LogP contribution in [-0.2, 0) is 23.7 Å². The highest BCUT2D eigenvalue weighted by atomic mass is 35.5. The minimum Gasteiger partial charge on any atom is -0.493 e. The number of rotatable bonds is 2. The Bertz CT molecular complexity index is 1490. The van der Waals surface area contributed by atoms with Crippen LogP contribution in [0, 0.1) is 23.7 Å². The molecule has 2 aromatic rings. The molecule has 0 saturated carbocycles. The van der Waals surface area contributed by atoms with Gasteiger partial charge in [-0.25, -0.2) is 0 Å². The lowest BCUT2D eigenvalue weighted by atomic mass is 9.52. The first-order chi connectivity index (χ1) is 21.3. The van der Waals surface area contributed by atoms with Gasteiger partial charge >= 0.3 is 0 Å². The summed E-state index contributed by atoms with van der Waals surface area (Å²) in [6.45, 7) is 6.92. The number of piperidine rings is 2. The molecule has 6 nitrogen and oxygen atoms in total. The van der Waals surface area contributed by atoms with Gasteiger partial charge in [-0.1, -0.05) is 65.1 Å². The van der Waals surface area contributed by atoms with E-state index in [2.05, 4.69) is 86.3 Å². The third-order valence-electron chi connectivity index (χ3n) is 13.3. The minimum atomic E-state index is 0. The normalized spacial score (nSPS) is 38.4. The maximum Gasteiger partial charge on any atom is 0.165 e. The molecule has 4 aliphatic carbocycles. The molecule has 0 N–H and O–H groups in total. The smallest absolute Gasteiger partial charge is 0.165 e. The first-order valence-corrected chi connectivity index (χ1v) is 16.8. The molecule has 8 aliphatic rings. The van der Waals surface area contributed by atoms with Crippen molar-refractivity contribution >= 4 is 12.4 Å². The monoisotopic (exact) mass is 662 g/mol. The Balaban J connectivity index is 0.000000155. The van der Waals surface area contributed by atoms with Crippen molar-refractivity contribution in [2.45, 2.75) is 89.5 Å². The maximum absolute atomic E-state index is 6.55. The van der Waals surface area contributed by atoms with E-state index in [1.54, 1.807) is 14.2 Å². The predicted molar refractivity (Wildman–Crippen MR) is 192 cm³/mol. The number of nitrogens with zero attached hydrogens (tertiary/aromatic N) is 2. The molecular formula is C40H55ClN2O4. The summed E-state index contributed by atoms with van der Waals surface area (Å²) in [5.41, 5.74) is 6.25. The van der Waals surface area contributed by atoms with Gasteiger partial charge in [-0.15, -0.1) is 12.4 Å². The average Bonchev–Trinajstić information content (AvgIpc) is 3.57. The van der Waals surface area contributed by atoms with E-state index in [-0.39, 0.29) is 50.3 Å². The van der Waals surface area contributed by atoms with Crippen molar-refractivity contribution in [1.82, 2.24) is 9.80 Å². The van der Waals surface area contributed by atoms with Gasteiger partial charge in [0.2, 0.25) is 0 Å². The van der Waals surface area contributed by atoms with Crippen molar-refractivity contribution in [3.63, 3.8) is 0 Å². The number of methoxy groups -OCH3 is 2. The third kappa shape index (κ3) is 4.16. The van der Waals surface area contributed by atoms with Crippen LogP contribution < -0.4 is 18.9 Å². The van der Waals surface area contributed by atoms with Crippen molar-refractivity contribution in [2.75, 3.05) is 41.4 Å². The molecule has 4 heterocycles. The summed E-state index contributed by atoms with van der Waals surface area (Å²) in [5.74, 6) is 5.96. The van der Waals surface area contributed by atoms with Crippen LogP contribution in [0.4, 0.5) is 0 Å². The largest absolute Gasteiger partial charge is 0.493 e. The molecule has 10 atom stereocenters. The molecule has 4 aliphatic heterocycles. The summed E-state index contributed by atoms with van der Waals surface area (Å²) in [6, 6.07) is 9.95. The van der Waals surface area contributed by atoms with E-state index >= 15 is 0 Å². The SMILES string of the molecule is C.C.COc1ccc2c3c1O[C@H]1[C@@H](C)C=CC4[C@@H](C2)N(C)CC[C@@]341.COc1ccc2c3c1O[C@H]1[C@@H](C)C=CC4[C@@H](C2)N(C)CC[C@@]341.Cl. The summed E-state index contributed by atoms with van der Waals surface area (Å²) >= 11 is 0. The van der Waals surface area contributed by atoms with Gasteiger partial charge in [0.25, 0.3) is 0 Å². The van der Waals surface area contributed by atoms with Gasteiger partial charge in [0.15, 0.2) is 23.0 Å². The fraction of sp³-hybridized carbons (Fsp3) is 0.600. The molecule has 2 saturated heterocycles. The molecule has 4 bridgehead atoms. The maximum atomic E-state index is 6.55. The topological polar surface area (TPSA) is 43.4 Å². The predicted octanol–water partition coefficient (Wildman–Crippen LogP) is 7.25. The van der Waals surface area contributed by atoms with E-state index < -0.39 is 0 Å². The zero-order valence-corrected chi connectivity index (χ0v) is 28.2. The molecule has 7 heteroatoms. The van der Waals surface area contributed by atoms with Crippen LogP contribution in [0.5, 0.6) is 23.0 Å². The molecule has 2 fully saturated rings. The molecule has 2 spiro atoms. The summed E-state index contributed by atoms with van der Waals surface area (Å²) in [5, 5.41) is 0. The molecular weight excluding hydrogens is 608 g/mol. The van der Waals surface area contributed by atoms with E-state index in [1.807, 2.05) is 0 Å². The fourth-order valence-corrected chi connectivity index (χ4v) is 11.3. The number of hydrogen-bond donors (Lipinski definition) is 0. The Hall–Kier alpha value is -2.67. The Labute approximate surface area is 288 Å².